The molecule has 0 aromatic heterocycles. The maximum atomic E-state index is 11.8. The van der Waals surface area contributed by atoms with Crippen molar-refractivity contribution in [2.24, 2.45) is 5.41 Å². The first-order valence-electron chi connectivity index (χ1n) is 5.97. The first-order valence-corrected chi connectivity index (χ1v) is 5.97. The van der Waals surface area contributed by atoms with E-state index in [1.54, 1.807) is 0 Å². The van der Waals surface area contributed by atoms with Crippen molar-refractivity contribution >= 4 is 5.91 Å². The number of likely N-dealkylation sites (tertiary alicyclic amines) is 2. The van der Waals surface area contributed by atoms with Crippen molar-refractivity contribution in [1.29, 1.82) is 0 Å². The fraction of sp³-hybridized carbons (Fsp3) is 0.917. The van der Waals surface area contributed by atoms with Gasteiger partial charge in [0.25, 0.3) is 0 Å². The monoisotopic (exact) mass is 210 g/mol. The molecule has 2 fully saturated rings. The number of carbonyl (C=O) groups is 1. The summed E-state index contributed by atoms with van der Waals surface area (Å²) in [5.41, 5.74) is 0.297. The van der Waals surface area contributed by atoms with E-state index in [4.69, 9.17) is 0 Å². The van der Waals surface area contributed by atoms with Gasteiger partial charge in [-0.1, -0.05) is 0 Å². The second-order valence-corrected chi connectivity index (χ2v) is 5.79. The van der Waals surface area contributed by atoms with Crippen LogP contribution in [-0.2, 0) is 4.79 Å². The van der Waals surface area contributed by atoms with Gasteiger partial charge >= 0.3 is 0 Å². The van der Waals surface area contributed by atoms with Crippen LogP contribution in [0, 0.1) is 5.41 Å². The minimum atomic E-state index is 0.297. The fourth-order valence-corrected chi connectivity index (χ4v) is 2.79. The molecule has 0 N–H and O–H groups in total. The third-order valence-electron chi connectivity index (χ3n) is 3.78. The summed E-state index contributed by atoms with van der Waals surface area (Å²) in [4.78, 5) is 16.3. The van der Waals surface area contributed by atoms with Crippen molar-refractivity contribution < 1.29 is 4.79 Å². The molecule has 15 heavy (non-hydrogen) atoms. The van der Waals surface area contributed by atoms with Gasteiger partial charge in [-0.25, -0.2) is 0 Å². The summed E-state index contributed by atoms with van der Waals surface area (Å²) in [5.74, 6) is 0.355. The molecule has 0 aromatic rings. The topological polar surface area (TPSA) is 23.6 Å². The van der Waals surface area contributed by atoms with Gasteiger partial charge in [0.1, 0.15) is 0 Å². The first kappa shape index (κ1) is 10.9. The SMILES string of the molecule is CC(C)N1CC2(CC(=O)N(C(C)C)C2)C1. The molecule has 2 aliphatic rings. The Morgan fingerprint density at radius 1 is 1.07 bits per heavy atom. The molecule has 0 atom stereocenters. The average molecular weight is 210 g/mol. The molecule has 3 nitrogen and oxygen atoms in total. The highest BCUT2D eigenvalue weighted by atomic mass is 16.2. The summed E-state index contributed by atoms with van der Waals surface area (Å²) >= 11 is 0. The lowest BCUT2D eigenvalue weighted by molar-refractivity contribution is -0.129. The molecule has 0 unspecified atom stereocenters. The van der Waals surface area contributed by atoms with Gasteiger partial charge in [-0.3, -0.25) is 9.69 Å². The molecular formula is C12H22N2O. The van der Waals surface area contributed by atoms with E-state index in [1.165, 1.54) is 0 Å². The lowest BCUT2D eigenvalue weighted by Gasteiger charge is -2.50. The summed E-state index contributed by atoms with van der Waals surface area (Å²) in [6.07, 6.45) is 0.772. The second-order valence-electron chi connectivity index (χ2n) is 5.79. The van der Waals surface area contributed by atoms with Crippen LogP contribution in [-0.4, -0.2) is 47.4 Å². The maximum absolute atomic E-state index is 11.8. The molecule has 0 aromatic carbocycles. The van der Waals surface area contributed by atoms with E-state index in [1.807, 2.05) is 4.90 Å². The normalized spacial score (nSPS) is 25.7. The molecule has 2 aliphatic heterocycles. The Morgan fingerprint density at radius 3 is 2.07 bits per heavy atom. The van der Waals surface area contributed by atoms with Gasteiger partial charge in [-0.2, -0.15) is 0 Å². The van der Waals surface area contributed by atoms with Crippen LogP contribution in [0.5, 0.6) is 0 Å². The van der Waals surface area contributed by atoms with E-state index < -0.39 is 0 Å². The van der Waals surface area contributed by atoms with Gasteiger partial charge in [-0.15, -0.1) is 0 Å². The lowest BCUT2D eigenvalue weighted by Crippen LogP contribution is -2.59. The molecule has 3 heteroatoms. The van der Waals surface area contributed by atoms with Gasteiger partial charge in [0, 0.05) is 43.6 Å². The third kappa shape index (κ3) is 1.78. The van der Waals surface area contributed by atoms with Crippen LogP contribution >= 0.6 is 0 Å². The zero-order valence-corrected chi connectivity index (χ0v) is 10.3. The highest BCUT2D eigenvalue weighted by Gasteiger charge is 2.51. The van der Waals surface area contributed by atoms with Crippen molar-refractivity contribution in [1.82, 2.24) is 9.80 Å². The van der Waals surface area contributed by atoms with Crippen LogP contribution in [0.1, 0.15) is 34.1 Å². The molecule has 86 valence electrons. The van der Waals surface area contributed by atoms with Crippen LogP contribution in [0.15, 0.2) is 0 Å². The summed E-state index contributed by atoms with van der Waals surface area (Å²) < 4.78 is 0. The number of carbonyl (C=O) groups excluding carboxylic acids is 1. The molecule has 2 heterocycles. The Labute approximate surface area is 92.4 Å². The average Bonchev–Trinajstić information content (AvgIpc) is 2.40. The fourth-order valence-electron chi connectivity index (χ4n) is 2.79. The molecule has 0 radical (unpaired) electrons. The van der Waals surface area contributed by atoms with E-state index in [0.717, 1.165) is 26.1 Å². The van der Waals surface area contributed by atoms with Gasteiger partial charge in [-0.05, 0) is 27.7 Å². The van der Waals surface area contributed by atoms with Crippen LogP contribution in [0.2, 0.25) is 0 Å². The number of hydrogen-bond acceptors (Lipinski definition) is 2. The predicted molar refractivity (Wildman–Crippen MR) is 60.6 cm³/mol. The van der Waals surface area contributed by atoms with E-state index in [9.17, 15) is 4.79 Å². The van der Waals surface area contributed by atoms with Crippen LogP contribution in [0.4, 0.5) is 0 Å². The summed E-state index contributed by atoms with van der Waals surface area (Å²) in [5, 5.41) is 0. The largest absolute Gasteiger partial charge is 0.340 e. The molecule has 1 spiro atoms. The maximum Gasteiger partial charge on any atom is 0.223 e. The summed E-state index contributed by atoms with van der Waals surface area (Å²) in [6.45, 7) is 11.9. The zero-order chi connectivity index (χ0) is 11.2. The standard InChI is InChI=1S/C12H22N2O/c1-9(2)13-6-12(7-13)5-11(15)14(8-12)10(3)4/h9-10H,5-8H2,1-4H3. The van der Waals surface area contributed by atoms with Crippen molar-refractivity contribution in [3.63, 3.8) is 0 Å². The Kier molecular flexibility index (Phi) is 2.53. The number of hydrogen-bond donors (Lipinski definition) is 0. The van der Waals surface area contributed by atoms with Crippen molar-refractivity contribution in [3.05, 3.63) is 0 Å². The lowest BCUT2D eigenvalue weighted by atomic mass is 9.78. The second kappa shape index (κ2) is 3.48. The Bertz CT molecular complexity index is 267. The van der Waals surface area contributed by atoms with E-state index >= 15 is 0 Å². The van der Waals surface area contributed by atoms with Gasteiger partial charge in [0.05, 0.1) is 0 Å². The molecule has 2 saturated heterocycles. The Morgan fingerprint density at radius 2 is 1.67 bits per heavy atom. The zero-order valence-electron chi connectivity index (χ0n) is 10.3. The van der Waals surface area contributed by atoms with Gasteiger partial charge < -0.3 is 4.90 Å². The minimum absolute atomic E-state index is 0.297. The molecular weight excluding hydrogens is 188 g/mol. The summed E-state index contributed by atoms with van der Waals surface area (Å²) in [7, 11) is 0. The van der Waals surface area contributed by atoms with Crippen molar-refractivity contribution in [2.75, 3.05) is 19.6 Å². The van der Waals surface area contributed by atoms with Crippen LogP contribution in [0.3, 0.4) is 0 Å². The third-order valence-corrected chi connectivity index (χ3v) is 3.78. The molecule has 1 amide bonds. The van der Waals surface area contributed by atoms with Crippen LogP contribution < -0.4 is 0 Å². The Hall–Kier alpha value is -0.570. The van der Waals surface area contributed by atoms with Crippen molar-refractivity contribution in [2.45, 2.75) is 46.2 Å². The van der Waals surface area contributed by atoms with Gasteiger partial charge in [0.2, 0.25) is 5.91 Å². The number of rotatable bonds is 2. The summed E-state index contributed by atoms with van der Waals surface area (Å²) in [6, 6.07) is 0.990. The Balaban J connectivity index is 1.96. The van der Waals surface area contributed by atoms with E-state index in [0.29, 0.717) is 23.4 Å². The predicted octanol–water partition coefficient (Wildman–Crippen LogP) is 1.34. The van der Waals surface area contributed by atoms with Gasteiger partial charge in [0.15, 0.2) is 0 Å². The first-order chi connectivity index (χ1) is 6.93. The number of nitrogens with zero attached hydrogens (tertiary/aromatic N) is 2. The smallest absolute Gasteiger partial charge is 0.223 e. The minimum Gasteiger partial charge on any atom is -0.340 e. The molecule has 0 bridgehead atoms. The van der Waals surface area contributed by atoms with E-state index in [2.05, 4.69) is 32.6 Å². The highest BCUT2D eigenvalue weighted by Crippen LogP contribution is 2.41. The highest BCUT2D eigenvalue weighted by molar-refractivity contribution is 5.80. The molecule has 2 rings (SSSR count). The number of amides is 1. The van der Waals surface area contributed by atoms with Crippen molar-refractivity contribution in [3.8, 4) is 0 Å². The van der Waals surface area contributed by atoms with E-state index in [-0.39, 0.29) is 0 Å². The molecule has 0 aliphatic carbocycles. The quantitative estimate of drug-likeness (QED) is 0.686. The molecule has 0 saturated carbocycles. The van der Waals surface area contributed by atoms with Crippen LogP contribution in [0.25, 0.3) is 0 Å².